The van der Waals surface area contributed by atoms with Gasteiger partial charge in [-0.1, -0.05) is 11.6 Å². The maximum Gasteiger partial charge on any atom is 0.264 e. The Morgan fingerprint density at radius 2 is 2.21 bits per heavy atom. The first-order chi connectivity index (χ1) is 9.15. The lowest BCUT2D eigenvalue weighted by Gasteiger charge is -2.05. The molecule has 0 spiro atoms. The van der Waals surface area contributed by atoms with Crippen molar-refractivity contribution in [2.24, 2.45) is 7.05 Å². The Hall–Kier alpha value is -2.21. The summed E-state index contributed by atoms with van der Waals surface area (Å²) in [5, 5.41) is 4.94. The molecule has 0 saturated carbocycles. The second-order valence-electron chi connectivity index (χ2n) is 4.17. The molecule has 7 heteroatoms. The van der Waals surface area contributed by atoms with Gasteiger partial charge in [-0.3, -0.25) is 14.0 Å². The molecule has 0 aliphatic heterocycles. The molecule has 0 unspecified atom stereocenters. The minimum absolute atomic E-state index is 0.119. The van der Waals surface area contributed by atoms with Crippen LogP contribution in [-0.2, 0) is 13.6 Å². The van der Waals surface area contributed by atoms with E-state index in [1.165, 1.54) is 17.1 Å². The van der Waals surface area contributed by atoms with Crippen molar-refractivity contribution in [3.05, 3.63) is 51.9 Å². The van der Waals surface area contributed by atoms with E-state index in [2.05, 4.69) is 15.1 Å². The molecule has 96 valence electrons. The lowest BCUT2D eigenvalue weighted by atomic mass is 10.2. The van der Waals surface area contributed by atoms with Crippen molar-refractivity contribution in [3.63, 3.8) is 0 Å². The minimum Gasteiger partial charge on any atom is -0.294 e. The molecule has 0 fully saturated rings. The monoisotopic (exact) mass is 275 g/mol. The van der Waals surface area contributed by atoms with Crippen LogP contribution in [0, 0.1) is 0 Å². The average molecular weight is 276 g/mol. The first-order valence-electron chi connectivity index (χ1n) is 5.63. The summed E-state index contributed by atoms with van der Waals surface area (Å²) in [6.45, 7) is 0.402. The summed E-state index contributed by atoms with van der Waals surface area (Å²) in [6.07, 6.45) is 4.65. The highest BCUT2D eigenvalue weighted by Crippen LogP contribution is 2.09. The third-order valence-electron chi connectivity index (χ3n) is 2.86. The number of fused-ring (bicyclic) bond motifs is 1. The van der Waals surface area contributed by atoms with Crippen LogP contribution in [0.5, 0.6) is 0 Å². The van der Waals surface area contributed by atoms with E-state index in [9.17, 15) is 4.79 Å². The predicted octanol–water partition coefficient (Wildman–Crippen LogP) is 1.23. The molecule has 0 radical (unpaired) electrons. The van der Waals surface area contributed by atoms with Gasteiger partial charge in [-0.05, 0) is 17.7 Å². The highest BCUT2D eigenvalue weighted by molar-refractivity contribution is 6.29. The average Bonchev–Trinajstić information content (AvgIpc) is 2.76. The number of halogens is 1. The standard InChI is InChI=1S/C12H10ClN5O/c1-17-11-9(5-16-17)12(19)18(7-15-11)6-8-2-3-14-10(13)4-8/h2-5,7H,6H2,1H3. The van der Waals surface area contributed by atoms with Gasteiger partial charge in [0.05, 0.1) is 12.7 Å². The number of hydrogen-bond donors (Lipinski definition) is 0. The van der Waals surface area contributed by atoms with Crippen molar-refractivity contribution < 1.29 is 0 Å². The number of rotatable bonds is 2. The van der Waals surface area contributed by atoms with Gasteiger partial charge in [-0.25, -0.2) is 9.97 Å². The number of pyridine rings is 1. The third kappa shape index (κ3) is 2.10. The number of nitrogens with zero attached hydrogens (tertiary/aromatic N) is 5. The largest absolute Gasteiger partial charge is 0.294 e. The molecule has 3 rings (SSSR count). The third-order valence-corrected chi connectivity index (χ3v) is 3.07. The van der Waals surface area contributed by atoms with Crippen LogP contribution in [0.3, 0.4) is 0 Å². The molecule has 0 aromatic carbocycles. The fourth-order valence-electron chi connectivity index (χ4n) is 1.92. The maximum absolute atomic E-state index is 12.3. The molecule has 0 atom stereocenters. The Balaban J connectivity index is 2.06. The fourth-order valence-corrected chi connectivity index (χ4v) is 2.11. The van der Waals surface area contributed by atoms with E-state index in [4.69, 9.17) is 11.6 Å². The summed E-state index contributed by atoms with van der Waals surface area (Å²) in [6, 6.07) is 3.53. The van der Waals surface area contributed by atoms with Gasteiger partial charge in [0.25, 0.3) is 5.56 Å². The van der Waals surface area contributed by atoms with Crippen molar-refractivity contribution >= 4 is 22.6 Å². The topological polar surface area (TPSA) is 65.6 Å². The van der Waals surface area contributed by atoms with E-state index in [1.54, 1.807) is 24.0 Å². The van der Waals surface area contributed by atoms with Crippen LogP contribution in [0.25, 0.3) is 11.0 Å². The van der Waals surface area contributed by atoms with Gasteiger partial charge in [-0.15, -0.1) is 0 Å². The van der Waals surface area contributed by atoms with E-state index in [0.29, 0.717) is 22.7 Å². The molecule has 6 nitrogen and oxygen atoms in total. The maximum atomic E-state index is 12.3. The first kappa shape index (κ1) is 11.9. The number of hydrogen-bond acceptors (Lipinski definition) is 4. The minimum atomic E-state index is -0.119. The molecule has 19 heavy (non-hydrogen) atoms. The van der Waals surface area contributed by atoms with Crippen LogP contribution in [0.15, 0.2) is 35.6 Å². The zero-order valence-corrected chi connectivity index (χ0v) is 10.9. The van der Waals surface area contributed by atoms with Crippen LogP contribution in [0.1, 0.15) is 5.56 Å². The van der Waals surface area contributed by atoms with Gasteiger partial charge < -0.3 is 0 Å². The normalized spacial score (nSPS) is 11.1. The van der Waals surface area contributed by atoms with Crippen molar-refractivity contribution in [1.82, 2.24) is 24.3 Å². The smallest absolute Gasteiger partial charge is 0.264 e. The van der Waals surface area contributed by atoms with Gasteiger partial charge in [-0.2, -0.15) is 5.10 Å². The molecule has 3 heterocycles. The Morgan fingerprint density at radius 1 is 1.37 bits per heavy atom. The van der Waals surface area contributed by atoms with Gasteiger partial charge in [0.2, 0.25) is 0 Å². The molecule has 3 aromatic heterocycles. The summed E-state index contributed by atoms with van der Waals surface area (Å²) < 4.78 is 3.10. The van der Waals surface area contributed by atoms with Crippen LogP contribution in [0.2, 0.25) is 5.15 Å². The number of aryl methyl sites for hydroxylation is 1. The molecule has 0 bridgehead atoms. The summed E-state index contributed by atoms with van der Waals surface area (Å²) in [5.74, 6) is 0. The zero-order valence-electron chi connectivity index (χ0n) is 10.1. The second-order valence-corrected chi connectivity index (χ2v) is 4.56. The lowest BCUT2D eigenvalue weighted by molar-refractivity contribution is 0.736. The van der Waals surface area contributed by atoms with Gasteiger partial charge in [0.1, 0.15) is 16.9 Å². The lowest BCUT2D eigenvalue weighted by Crippen LogP contribution is -2.21. The number of aromatic nitrogens is 5. The highest BCUT2D eigenvalue weighted by Gasteiger charge is 2.08. The Bertz CT molecular complexity index is 807. The molecule has 0 aliphatic carbocycles. The summed E-state index contributed by atoms with van der Waals surface area (Å²) in [4.78, 5) is 20.4. The van der Waals surface area contributed by atoms with Crippen molar-refractivity contribution in [1.29, 1.82) is 0 Å². The van der Waals surface area contributed by atoms with Crippen LogP contribution in [-0.4, -0.2) is 24.3 Å². The SMILES string of the molecule is Cn1ncc2c(=O)n(Cc3ccnc(Cl)c3)cnc21. The van der Waals surface area contributed by atoms with Crippen molar-refractivity contribution in [2.45, 2.75) is 6.54 Å². The molecule has 0 aliphatic rings. The van der Waals surface area contributed by atoms with E-state index in [-0.39, 0.29) is 5.56 Å². The summed E-state index contributed by atoms with van der Waals surface area (Å²) in [7, 11) is 1.75. The summed E-state index contributed by atoms with van der Waals surface area (Å²) in [5.41, 5.74) is 1.35. The molecular formula is C12H10ClN5O. The molecule has 3 aromatic rings. The van der Waals surface area contributed by atoms with E-state index in [1.807, 2.05) is 6.07 Å². The second kappa shape index (κ2) is 4.47. The Labute approximate surface area is 113 Å². The van der Waals surface area contributed by atoms with Gasteiger partial charge >= 0.3 is 0 Å². The Kier molecular flexibility index (Phi) is 2.79. The van der Waals surface area contributed by atoms with Crippen molar-refractivity contribution in [3.8, 4) is 0 Å². The quantitative estimate of drug-likeness (QED) is 0.660. The highest BCUT2D eigenvalue weighted by atomic mass is 35.5. The molecule has 0 saturated heterocycles. The summed E-state index contributed by atoms with van der Waals surface area (Å²) >= 11 is 5.82. The van der Waals surface area contributed by atoms with Crippen LogP contribution in [0.4, 0.5) is 0 Å². The van der Waals surface area contributed by atoms with E-state index >= 15 is 0 Å². The van der Waals surface area contributed by atoms with Crippen molar-refractivity contribution in [2.75, 3.05) is 0 Å². The van der Waals surface area contributed by atoms with Crippen LogP contribution < -0.4 is 5.56 Å². The molecule has 0 N–H and O–H groups in total. The van der Waals surface area contributed by atoms with Gasteiger partial charge in [0.15, 0.2) is 5.65 Å². The molecular weight excluding hydrogens is 266 g/mol. The van der Waals surface area contributed by atoms with E-state index < -0.39 is 0 Å². The van der Waals surface area contributed by atoms with Crippen LogP contribution >= 0.6 is 11.6 Å². The molecule has 0 amide bonds. The zero-order chi connectivity index (χ0) is 13.4. The fraction of sp³-hybridized carbons (Fsp3) is 0.167. The predicted molar refractivity (Wildman–Crippen MR) is 71.1 cm³/mol. The van der Waals surface area contributed by atoms with Gasteiger partial charge in [0, 0.05) is 13.2 Å². The van der Waals surface area contributed by atoms with E-state index in [0.717, 1.165) is 5.56 Å². The Morgan fingerprint density at radius 3 is 3.00 bits per heavy atom. The first-order valence-corrected chi connectivity index (χ1v) is 6.00.